The third-order valence-corrected chi connectivity index (χ3v) is 6.62. The molecule has 2 N–H and O–H groups in total. The Balaban J connectivity index is 1.76. The molecule has 8 nitrogen and oxygen atoms in total. The summed E-state index contributed by atoms with van der Waals surface area (Å²) in [5.74, 6) is -1.45. The molecular weight excluding hydrogens is 480 g/mol. The second kappa shape index (κ2) is 9.77. The monoisotopic (exact) mass is 505 g/mol. The van der Waals surface area contributed by atoms with Gasteiger partial charge in [0.1, 0.15) is 5.15 Å². The first-order valence-corrected chi connectivity index (χ1v) is 11.7. The van der Waals surface area contributed by atoms with Crippen LogP contribution in [0.1, 0.15) is 47.4 Å². The minimum Gasteiger partial charge on any atom is -0.476 e. The fraction of sp³-hybridized carbons (Fsp3) is 0.417. The minimum absolute atomic E-state index is 0.0621. The maximum atomic E-state index is 13.3. The predicted octanol–water partition coefficient (Wildman–Crippen LogP) is 4.64. The second-order valence-corrected chi connectivity index (χ2v) is 9.27. The van der Waals surface area contributed by atoms with E-state index in [2.05, 4.69) is 10.3 Å². The Bertz CT molecular complexity index is 1340. The lowest BCUT2D eigenvalue weighted by Gasteiger charge is -2.33. The molecule has 1 aliphatic heterocycles. The Morgan fingerprint density at radius 1 is 1.23 bits per heavy atom. The van der Waals surface area contributed by atoms with Gasteiger partial charge in [-0.05, 0) is 50.5 Å². The van der Waals surface area contributed by atoms with E-state index in [-0.39, 0.29) is 22.1 Å². The normalized spacial score (nSPS) is 15.6. The van der Waals surface area contributed by atoms with E-state index < -0.39 is 24.4 Å². The topological polar surface area (TPSA) is 100 Å². The summed E-state index contributed by atoms with van der Waals surface area (Å²) in [5, 5.41) is 13.2. The molecule has 1 aromatic carbocycles. The van der Waals surface area contributed by atoms with E-state index in [1.54, 1.807) is 13.1 Å². The van der Waals surface area contributed by atoms with Crippen LogP contribution in [0.5, 0.6) is 0 Å². The first-order chi connectivity index (χ1) is 16.6. The summed E-state index contributed by atoms with van der Waals surface area (Å²) in [6, 6.07) is 6.25. The third kappa shape index (κ3) is 4.93. The van der Waals surface area contributed by atoms with Crippen LogP contribution in [0.4, 0.5) is 20.4 Å². The molecule has 3 heterocycles. The van der Waals surface area contributed by atoms with Crippen molar-refractivity contribution in [2.45, 2.75) is 39.2 Å². The number of aromatic carboxylic acids is 1. The summed E-state index contributed by atoms with van der Waals surface area (Å²) >= 11 is 5.87. The van der Waals surface area contributed by atoms with Gasteiger partial charge in [-0.25, -0.2) is 23.5 Å². The van der Waals surface area contributed by atoms with E-state index in [0.717, 1.165) is 5.56 Å². The van der Waals surface area contributed by atoms with Gasteiger partial charge < -0.3 is 15.3 Å². The molecule has 0 spiro atoms. The molecule has 4 rings (SSSR count). The fourth-order valence-corrected chi connectivity index (χ4v) is 4.68. The number of benzene rings is 1. The van der Waals surface area contributed by atoms with E-state index in [1.807, 2.05) is 24.8 Å². The predicted molar refractivity (Wildman–Crippen MR) is 131 cm³/mol. The summed E-state index contributed by atoms with van der Waals surface area (Å²) in [6.45, 7) is 4.47. The molecule has 1 fully saturated rings. The molecule has 0 saturated carbocycles. The van der Waals surface area contributed by atoms with Gasteiger partial charge in [0.05, 0.1) is 22.6 Å². The molecule has 3 aromatic rings. The van der Waals surface area contributed by atoms with Crippen molar-refractivity contribution in [2.24, 2.45) is 13.0 Å². The standard InChI is InChI=1S/C24H26ClF2N5O3/c1-12-10-15(13(2)28-17-4-5-18(25)29-20(17)23(34)35)19-16(11-12)22(33)31(3)24(30-19)32-8-6-14(7-9-32)21(26)27/h4-5,10-11,13-14,21,28H,6-9H2,1-3H3,(H,34,35). The largest absolute Gasteiger partial charge is 0.476 e. The lowest BCUT2D eigenvalue weighted by atomic mass is 9.97. The lowest BCUT2D eigenvalue weighted by molar-refractivity contribution is 0.0633. The first kappa shape index (κ1) is 24.8. The van der Waals surface area contributed by atoms with E-state index in [0.29, 0.717) is 48.3 Å². The number of rotatable bonds is 6. The summed E-state index contributed by atoms with van der Waals surface area (Å²) in [5.41, 5.74) is 1.85. The molecule has 1 atom stereocenters. The average Bonchev–Trinajstić information content (AvgIpc) is 2.82. The molecule has 186 valence electrons. The minimum atomic E-state index is -2.36. The van der Waals surface area contributed by atoms with Crippen LogP contribution in [0.2, 0.25) is 5.15 Å². The van der Waals surface area contributed by atoms with E-state index in [1.165, 1.54) is 16.7 Å². The summed E-state index contributed by atoms with van der Waals surface area (Å²) in [4.78, 5) is 35.5. The molecule has 2 aromatic heterocycles. The number of nitrogens with zero attached hydrogens (tertiary/aromatic N) is 4. The average molecular weight is 506 g/mol. The van der Waals surface area contributed by atoms with E-state index in [4.69, 9.17) is 16.6 Å². The van der Waals surface area contributed by atoms with Crippen LogP contribution in [-0.2, 0) is 7.05 Å². The molecule has 1 aliphatic rings. The zero-order valence-corrected chi connectivity index (χ0v) is 20.3. The molecule has 1 saturated heterocycles. The molecule has 0 bridgehead atoms. The second-order valence-electron chi connectivity index (χ2n) is 8.89. The van der Waals surface area contributed by atoms with Crippen LogP contribution in [-0.4, -0.2) is 45.1 Å². The van der Waals surface area contributed by atoms with Gasteiger partial charge in [0.2, 0.25) is 12.4 Å². The van der Waals surface area contributed by atoms with Gasteiger partial charge in [0, 0.05) is 31.6 Å². The van der Waals surface area contributed by atoms with Crippen molar-refractivity contribution in [1.82, 2.24) is 14.5 Å². The number of aryl methyl sites for hydroxylation is 1. The van der Waals surface area contributed by atoms with Crippen molar-refractivity contribution in [3.05, 3.63) is 56.6 Å². The zero-order chi connectivity index (χ0) is 25.4. The maximum Gasteiger partial charge on any atom is 0.356 e. The van der Waals surface area contributed by atoms with Crippen LogP contribution < -0.4 is 15.8 Å². The van der Waals surface area contributed by atoms with Gasteiger partial charge >= 0.3 is 5.97 Å². The number of hydrogen-bond donors (Lipinski definition) is 2. The van der Waals surface area contributed by atoms with Crippen molar-refractivity contribution in [3.8, 4) is 0 Å². The summed E-state index contributed by atoms with van der Waals surface area (Å²) in [6.07, 6.45) is -1.71. The Morgan fingerprint density at radius 3 is 2.54 bits per heavy atom. The molecular formula is C24H26ClF2N5O3. The SMILES string of the molecule is Cc1cc(C(C)Nc2ccc(Cl)nc2C(=O)O)c2nc(N3CCC(C(F)F)CC3)n(C)c(=O)c2c1. The highest BCUT2D eigenvalue weighted by molar-refractivity contribution is 6.29. The van der Waals surface area contributed by atoms with Gasteiger partial charge in [0.25, 0.3) is 5.56 Å². The highest BCUT2D eigenvalue weighted by Crippen LogP contribution is 2.30. The van der Waals surface area contributed by atoms with E-state index in [9.17, 15) is 23.5 Å². The maximum absolute atomic E-state index is 13.3. The van der Waals surface area contributed by atoms with Crippen LogP contribution in [0.3, 0.4) is 0 Å². The lowest BCUT2D eigenvalue weighted by Crippen LogP contribution is -2.39. The van der Waals surface area contributed by atoms with Crippen LogP contribution in [0.15, 0.2) is 29.1 Å². The smallest absolute Gasteiger partial charge is 0.356 e. The number of piperidine rings is 1. The number of carbonyl (C=O) groups is 1. The quantitative estimate of drug-likeness (QED) is 0.470. The number of alkyl halides is 2. The molecule has 35 heavy (non-hydrogen) atoms. The molecule has 1 unspecified atom stereocenters. The molecule has 0 aliphatic carbocycles. The Labute approximate surface area is 205 Å². The van der Waals surface area contributed by atoms with Crippen LogP contribution >= 0.6 is 11.6 Å². The third-order valence-electron chi connectivity index (χ3n) is 6.41. The number of anilines is 2. The number of nitrogens with one attached hydrogen (secondary N) is 1. The number of aromatic nitrogens is 3. The number of pyridine rings is 1. The summed E-state index contributed by atoms with van der Waals surface area (Å²) < 4.78 is 27.7. The van der Waals surface area contributed by atoms with Crippen molar-refractivity contribution >= 4 is 40.1 Å². The van der Waals surface area contributed by atoms with Crippen LogP contribution in [0, 0.1) is 12.8 Å². The summed E-state index contributed by atoms with van der Waals surface area (Å²) in [7, 11) is 1.63. The number of fused-ring (bicyclic) bond motifs is 1. The Hall–Kier alpha value is -3.27. The van der Waals surface area contributed by atoms with Gasteiger partial charge in [-0.2, -0.15) is 0 Å². The van der Waals surface area contributed by atoms with Gasteiger partial charge in [-0.1, -0.05) is 17.7 Å². The van der Waals surface area contributed by atoms with Crippen molar-refractivity contribution < 1.29 is 18.7 Å². The zero-order valence-electron chi connectivity index (χ0n) is 19.6. The fourth-order valence-electron chi connectivity index (χ4n) is 4.53. The number of hydrogen-bond acceptors (Lipinski definition) is 6. The van der Waals surface area contributed by atoms with Crippen molar-refractivity contribution in [2.75, 3.05) is 23.3 Å². The Morgan fingerprint density at radius 2 is 1.91 bits per heavy atom. The van der Waals surface area contributed by atoms with Crippen molar-refractivity contribution in [1.29, 1.82) is 0 Å². The number of carboxylic acid groups (broad SMARTS) is 1. The van der Waals surface area contributed by atoms with Crippen molar-refractivity contribution in [3.63, 3.8) is 0 Å². The number of carboxylic acids is 1. The number of halogens is 3. The van der Waals surface area contributed by atoms with Gasteiger partial charge in [-0.3, -0.25) is 9.36 Å². The van der Waals surface area contributed by atoms with Gasteiger partial charge in [-0.15, -0.1) is 0 Å². The highest BCUT2D eigenvalue weighted by atomic mass is 35.5. The molecule has 0 amide bonds. The first-order valence-electron chi connectivity index (χ1n) is 11.3. The Kier molecular flexibility index (Phi) is 6.93. The van der Waals surface area contributed by atoms with Gasteiger partial charge in [0.15, 0.2) is 5.69 Å². The molecule has 0 radical (unpaired) electrons. The van der Waals surface area contributed by atoms with Crippen LogP contribution in [0.25, 0.3) is 10.9 Å². The molecule has 11 heteroatoms. The highest BCUT2D eigenvalue weighted by Gasteiger charge is 2.28. The van der Waals surface area contributed by atoms with E-state index >= 15 is 0 Å².